The molecule has 2 rings (SSSR count). The molecule has 3 N–H and O–H groups in total. The van der Waals surface area contributed by atoms with E-state index in [9.17, 15) is 18.3 Å². The number of hydrogen-bond acceptors (Lipinski definition) is 7. The fourth-order valence-electron chi connectivity index (χ4n) is 3.70. The number of hydrogen-bond donors (Lipinski definition) is 2. The van der Waals surface area contributed by atoms with Crippen molar-refractivity contribution in [2.75, 3.05) is 20.0 Å². The lowest BCUT2D eigenvalue weighted by Gasteiger charge is -2.19. The smallest absolute Gasteiger partial charge is 0.339 e. The highest BCUT2D eigenvalue weighted by Crippen LogP contribution is 2.35. The van der Waals surface area contributed by atoms with Crippen LogP contribution >= 0.6 is 0 Å². The van der Waals surface area contributed by atoms with E-state index in [4.69, 9.17) is 15.2 Å². The summed E-state index contributed by atoms with van der Waals surface area (Å²) in [4.78, 5) is 12.2. The van der Waals surface area contributed by atoms with Crippen LogP contribution in [0, 0.1) is 0 Å². The van der Waals surface area contributed by atoms with Gasteiger partial charge in [-0.3, -0.25) is 0 Å². The van der Waals surface area contributed by atoms with Crippen LogP contribution in [0.5, 0.6) is 5.75 Å². The van der Waals surface area contributed by atoms with Crippen molar-refractivity contribution in [3.05, 3.63) is 47.0 Å². The summed E-state index contributed by atoms with van der Waals surface area (Å²) < 4.78 is 36.9. The molecule has 2 aromatic carbocycles. The highest BCUT2D eigenvalue weighted by atomic mass is 32.2. The molecule has 0 saturated carbocycles. The van der Waals surface area contributed by atoms with Crippen molar-refractivity contribution in [3.63, 3.8) is 0 Å². The number of sulfone groups is 1. The first-order valence-electron chi connectivity index (χ1n) is 10.8. The van der Waals surface area contributed by atoms with Crippen molar-refractivity contribution in [2.24, 2.45) is 0 Å². The van der Waals surface area contributed by atoms with E-state index < -0.39 is 22.4 Å². The summed E-state index contributed by atoms with van der Waals surface area (Å²) in [6.45, 7) is 1.54. The number of esters is 1. The number of anilines is 1. The molecule has 0 aliphatic heterocycles. The maximum Gasteiger partial charge on any atom is 0.339 e. The molecule has 0 fully saturated rings. The fourth-order valence-corrected chi connectivity index (χ4v) is 5.36. The molecule has 0 heterocycles. The molecule has 0 saturated heterocycles. The maximum absolute atomic E-state index is 13.5. The number of aryl methyl sites for hydroxylation is 1. The second-order valence-corrected chi connectivity index (χ2v) is 9.54. The minimum atomic E-state index is -4.16. The van der Waals surface area contributed by atoms with Crippen LogP contribution in [-0.2, 0) is 27.6 Å². The number of benzene rings is 2. The van der Waals surface area contributed by atoms with Gasteiger partial charge in [-0.2, -0.15) is 0 Å². The van der Waals surface area contributed by atoms with Crippen LogP contribution in [0.4, 0.5) is 5.69 Å². The standard InChI is InChI=1S/C24H33NO6S/c1-4-5-6-7-8-9-10-17-15-20(24(27)31-3)23(21(16-26)22(17)25)32(28,29)19-13-11-18(30-2)12-14-19/h11-15,26H,4-10,16,25H2,1-3H3. The zero-order chi connectivity index (χ0) is 23.7. The Labute approximate surface area is 190 Å². The van der Waals surface area contributed by atoms with E-state index in [0.717, 1.165) is 19.3 Å². The molecule has 0 radical (unpaired) electrons. The second kappa shape index (κ2) is 11.9. The number of methoxy groups -OCH3 is 2. The number of aliphatic hydroxyl groups excluding tert-OH is 1. The molecule has 0 amide bonds. The molecular weight excluding hydrogens is 430 g/mol. The van der Waals surface area contributed by atoms with Crippen molar-refractivity contribution in [1.29, 1.82) is 0 Å². The molecule has 0 aliphatic carbocycles. The van der Waals surface area contributed by atoms with Gasteiger partial charge < -0.3 is 20.3 Å². The molecule has 0 bridgehead atoms. The van der Waals surface area contributed by atoms with Crippen LogP contribution < -0.4 is 10.5 Å². The SMILES string of the molecule is CCCCCCCCc1cc(C(=O)OC)c(S(=O)(=O)c2ccc(OC)cc2)c(CO)c1N. The number of nitrogen functional groups attached to an aromatic ring is 1. The first-order chi connectivity index (χ1) is 15.3. The Kier molecular flexibility index (Phi) is 9.53. The molecule has 8 heteroatoms. The Morgan fingerprint density at radius 3 is 2.22 bits per heavy atom. The van der Waals surface area contributed by atoms with Crippen LogP contribution in [0.15, 0.2) is 40.1 Å². The number of ether oxygens (including phenoxy) is 2. The third-order valence-corrected chi connectivity index (χ3v) is 7.41. The maximum atomic E-state index is 13.5. The average Bonchev–Trinajstić information content (AvgIpc) is 2.81. The third-order valence-electron chi connectivity index (χ3n) is 5.51. The molecule has 2 aromatic rings. The van der Waals surface area contributed by atoms with Gasteiger partial charge in [0.25, 0.3) is 0 Å². The van der Waals surface area contributed by atoms with Gasteiger partial charge in [0, 0.05) is 11.3 Å². The first kappa shape index (κ1) is 25.7. The summed E-state index contributed by atoms with van der Waals surface area (Å²) in [6, 6.07) is 7.29. The molecule has 0 unspecified atom stereocenters. The summed E-state index contributed by atoms with van der Waals surface area (Å²) in [7, 11) is -1.50. The minimum Gasteiger partial charge on any atom is -0.497 e. The van der Waals surface area contributed by atoms with Crippen molar-refractivity contribution < 1.29 is 27.8 Å². The van der Waals surface area contributed by atoms with Crippen molar-refractivity contribution >= 4 is 21.5 Å². The lowest BCUT2D eigenvalue weighted by atomic mass is 9.98. The molecule has 0 aliphatic rings. The Bertz CT molecular complexity index is 1020. The van der Waals surface area contributed by atoms with Crippen molar-refractivity contribution in [2.45, 2.75) is 68.3 Å². The Hall–Kier alpha value is -2.58. The fraction of sp³-hybridized carbons (Fsp3) is 0.458. The van der Waals surface area contributed by atoms with Gasteiger partial charge in [-0.15, -0.1) is 0 Å². The van der Waals surface area contributed by atoms with Crippen LogP contribution in [0.1, 0.15) is 66.9 Å². The number of carbonyl (C=O) groups is 1. The lowest BCUT2D eigenvalue weighted by molar-refractivity contribution is 0.0595. The van der Waals surface area contributed by atoms with Gasteiger partial charge in [0.1, 0.15) is 5.75 Å². The number of carbonyl (C=O) groups excluding carboxylic acids is 1. The van der Waals surface area contributed by atoms with Gasteiger partial charge in [0.05, 0.1) is 36.2 Å². The summed E-state index contributed by atoms with van der Waals surface area (Å²) in [5.41, 5.74) is 7.02. The molecule has 0 spiro atoms. The topological polar surface area (TPSA) is 116 Å². The van der Waals surface area contributed by atoms with Gasteiger partial charge in [-0.1, -0.05) is 39.0 Å². The summed E-state index contributed by atoms with van der Waals surface area (Å²) in [6.07, 6.45) is 7.07. The van der Waals surface area contributed by atoms with E-state index in [1.165, 1.54) is 63.8 Å². The van der Waals surface area contributed by atoms with Gasteiger partial charge in [0.15, 0.2) is 0 Å². The summed E-state index contributed by atoms with van der Waals surface area (Å²) in [5.74, 6) is -0.302. The zero-order valence-corrected chi connectivity index (χ0v) is 19.8. The molecule has 0 aromatic heterocycles. The minimum absolute atomic E-state index is 0.0182. The molecule has 0 atom stereocenters. The Morgan fingerprint density at radius 1 is 1.03 bits per heavy atom. The number of nitrogens with two attached hydrogens (primary N) is 1. The molecule has 7 nitrogen and oxygen atoms in total. The monoisotopic (exact) mass is 463 g/mol. The van der Waals surface area contributed by atoms with E-state index >= 15 is 0 Å². The highest BCUT2D eigenvalue weighted by Gasteiger charge is 2.31. The number of unbranched alkanes of at least 4 members (excludes halogenated alkanes) is 5. The van der Waals surface area contributed by atoms with E-state index in [2.05, 4.69) is 6.92 Å². The quantitative estimate of drug-likeness (QED) is 0.274. The van der Waals surface area contributed by atoms with Gasteiger partial charge in [-0.25, -0.2) is 13.2 Å². The van der Waals surface area contributed by atoms with Gasteiger partial charge in [-0.05, 0) is 48.7 Å². The van der Waals surface area contributed by atoms with Gasteiger partial charge in [0.2, 0.25) is 9.84 Å². The summed E-state index contributed by atoms with van der Waals surface area (Å²) >= 11 is 0. The lowest BCUT2D eigenvalue weighted by Crippen LogP contribution is -2.17. The van der Waals surface area contributed by atoms with E-state index in [1.54, 1.807) is 0 Å². The van der Waals surface area contributed by atoms with E-state index in [-0.39, 0.29) is 26.6 Å². The Balaban J connectivity index is 2.51. The van der Waals surface area contributed by atoms with Crippen LogP contribution in [-0.4, -0.2) is 33.7 Å². The predicted octanol–water partition coefficient (Wildman–Crippen LogP) is 4.29. The van der Waals surface area contributed by atoms with E-state index in [1.807, 2.05) is 0 Å². The summed E-state index contributed by atoms with van der Waals surface area (Å²) in [5, 5.41) is 10.0. The van der Waals surface area contributed by atoms with Gasteiger partial charge >= 0.3 is 5.97 Å². The third kappa shape index (κ3) is 5.81. The van der Waals surface area contributed by atoms with Crippen LogP contribution in [0.25, 0.3) is 0 Å². The van der Waals surface area contributed by atoms with Crippen molar-refractivity contribution in [3.8, 4) is 5.75 Å². The van der Waals surface area contributed by atoms with Crippen LogP contribution in [0.3, 0.4) is 0 Å². The predicted molar refractivity (Wildman–Crippen MR) is 124 cm³/mol. The molecule has 176 valence electrons. The highest BCUT2D eigenvalue weighted by molar-refractivity contribution is 7.91. The first-order valence-corrected chi connectivity index (χ1v) is 12.3. The zero-order valence-electron chi connectivity index (χ0n) is 19.0. The van der Waals surface area contributed by atoms with E-state index in [0.29, 0.717) is 17.7 Å². The van der Waals surface area contributed by atoms with Crippen molar-refractivity contribution in [1.82, 2.24) is 0 Å². The number of rotatable bonds is 12. The molecule has 32 heavy (non-hydrogen) atoms. The Morgan fingerprint density at radius 2 is 1.66 bits per heavy atom. The second-order valence-electron chi connectivity index (χ2n) is 7.65. The normalized spacial score (nSPS) is 11.4. The average molecular weight is 464 g/mol. The van der Waals surface area contributed by atoms with Crippen LogP contribution in [0.2, 0.25) is 0 Å². The largest absolute Gasteiger partial charge is 0.497 e. The molecular formula is C24H33NO6S. The number of aliphatic hydroxyl groups is 1.